The Bertz CT molecular complexity index is 862. The fourth-order valence-corrected chi connectivity index (χ4v) is 2.65. The van der Waals surface area contributed by atoms with Gasteiger partial charge in [0, 0.05) is 11.5 Å². The van der Waals surface area contributed by atoms with Crippen LogP contribution in [0.3, 0.4) is 0 Å². The number of amides is 1. The lowest BCUT2D eigenvalue weighted by molar-refractivity contribution is -0.117. The number of carbonyl (C=O) groups is 1. The third-order valence-corrected chi connectivity index (χ3v) is 4.20. The van der Waals surface area contributed by atoms with Crippen molar-refractivity contribution in [1.29, 1.82) is 0 Å². The maximum Gasteiger partial charge on any atom is 0.249 e. The highest BCUT2D eigenvalue weighted by Crippen LogP contribution is 2.30. The van der Waals surface area contributed by atoms with Gasteiger partial charge in [-0.3, -0.25) is 10.1 Å². The van der Waals surface area contributed by atoms with E-state index in [-0.39, 0.29) is 11.8 Å². The number of carbonyl (C=O) groups excluding carboxylic acids is 1. The lowest BCUT2D eigenvalue weighted by atomic mass is 10.1. The van der Waals surface area contributed by atoms with Crippen molar-refractivity contribution in [2.24, 2.45) is 5.92 Å². The highest BCUT2D eigenvalue weighted by atomic mass is 16.2. The largest absolute Gasteiger partial charge is 0.293 e. The van der Waals surface area contributed by atoms with Crippen LogP contribution in [0.15, 0.2) is 42.5 Å². The molecule has 1 N–H and O–H groups in total. The first-order chi connectivity index (χ1) is 11.2. The van der Waals surface area contributed by atoms with Gasteiger partial charge in [-0.15, -0.1) is 5.10 Å². The van der Waals surface area contributed by atoms with E-state index < -0.39 is 0 Å². The van der Waals surface area contributed by atoms with Gasteiger partial charge < -0.3 is 0 Å². The number of aromatic nitrogens is 3. The van der Waals surface area contributed by atoms with Crippen molar-refractivity contribution in [2.75, 3.05) is 5.32 Å². The summed E-state index contributed by atoms with van der Waals surface area (Å²) < 4.78 is 1.78. The summed E-state index contributed by atoms with van der Waals surface area (Å²) in [6.45, 7) is 2.14. The van der Waals surface area contributed by atoms with Crippen LogP contribution in [0.1, 0.15) is 25.3 Å². The van der Waals surface area contributed by atoms with Crippen LogP contribution >= 0.6 is 0 Å². The second-order valence-electron chi connectivity index (χ2n) is 5.93. The highest BCUT2D eigenvalue weighted by Gasteiger charge is 2.30. The van der Waals surface area contributed by atoms with Crippen LogP contribution in [0.25, 0.3) is 16.9 Å². The Balaban J connectivity index is 1.71. The molecular formula is C18H18N4O. The Morgan fingerprint density at radius 2 is 2.00 bits per heavy atom. The first-order valence-electron chi connectivity index (χ1n) is 8.00. The summed E-state index contributed by atoms with van der Waals surface area (Å²) in [7, 11) is 0. The average Bonchev–Trinajstić information content (AvgIpc) is 3.35. The van der Waals surface area contributed by atoms with Crippen molar-refractivity contribution in [2.45, 2.75) is 26.2 Å². The van der Waals surface area contributed by atoms with E-state index in [9.17, 15) is 4.79 Å². The molecule has 1 fully saturated rings. The Labute approximate surface area is 134 Å². The normalized spacial score (nSPS) is 14.1. The zero-order valence-corrected chi connectivity index (χ0v) is 13.0. The molecule has 2 heterocycles. The van der Waals surface area contributed by atoms with E-state index >= 15 is 0 Å². The SMILES string of the molecule is CCc1ccc(-c2cccc3nc(NC(=O)C4CC4)nn23)cc1. The number of fused-ring (bicyclic) bond motifs is 1. The average molecular weight is 306 g/mol. The second kappa shape index (κ2) is 5.50. The fraction of sp³-hybridized carbons (Fsp3) is 0.278. The monoisotopic (exact) mass is 306 g/mol. The van der Waals surface area contributed by atoms with E-state index in [4.69, 9.17) is 0 Å². The Morgan fingerprint density at radius 1 is 1.22 bits per heavy atom. The molecule has 1 amide bonds. The fourth-order valence-electron chi connectivity index (χ4n) is 2.65. The third-order valence-electron chi connectivity index (χ3n) is 4.20. The van der Waals surface area contributed by atoms with Gasteiger partial charge in [-0.1, -0.05) is 37.3 Å². The minimum absolute atomic E-state index is 0.0229. The lowest BCUT2D eigenvalue weighted by Gasteiger charge is -2.05. The quantitative estimate of drug-likeness (QED) is 0.804. The van der Waals surface area contributed by atoms with Crippen LogP contribution in [0.2, 0.25) is 0 Å². The summed E-state index contributed by atoms with van der Waals surface area (Å²) >= 11 is 0. The molecule has 0 radical (unpaired) electrons. The molecule has 2 aromatic heterocycles. The number of anilines is 1. The molecule has 1 aromatic carbocycles. The van der Waals surface area contributed by atoms with Gasteiger partial charge in [0.2, 0.25) is 11.9 Å². The molecular weight excluding hydrogens is 288 g/mol. The zero-order chi connectivity index (χ0) is 15.8. The second-order valence-corrected chi connectivity index (χ2v) is 5.93. The molecule has 0 spiro atoms. The van der Waals surface area contributed by atoms with Crippen LogP contribution < -0.4 is 5.32 Å². The van der Waals surface area contributed by atoms with Crippen molar-refractivity contribution >= 4 is 17.5 Å². The van der Waals surface area contributed by atoms with E-state index in [0.717, 1.165) is 36.2 Å². The molecule has 116 valence electrons. The number of pyridine rings is 1. The molecule has 5 heteroatoms. The van der Waals surface area contributed by atoms with E-state index in [1.54, 1.807) is 4.52 Å². The van der Waals surface area contributed by atoms with Crippen LogP contribution in [-0.2, 0) is 11.2 Å². The number of nitrogens with zero attached hydrogens (tertiary/aromatic N) is 3. The molecule has 1 aliphatic carbocycles. The summed E-state index contributed by atoms with van der Waals surface area (Å²) in [6, 6.07) is 14.3. The lowest BCUT2D eigenvalue weighted by Crippen LogP contribution is -2.14. The molecule has 0 aliphatic heterocycles. The number of nitrogens with one attached hydrogen (secondary N) is 1. The molecule has 23 heavy (non-hydrogen) atoms. The standard InChI is InChI=1S/C18H18N4O/c1-2-12-6-8-13(9-7-12)15-4-3-5-16-19-18(21-22(15)16)20-17(23)14-10-11-14/h3-9,14H,2,10-11H2,1H3,(H,20,21,23). The molecule has 0 unspecified atom stereocenters. The molecule has 1 saturated carbocycles. The molecule has 0 bridgehead atoms. The maximum atomic E-state index is 11.9. The third kappa shape index (κ3) is 2.70. The van der Waals surface area contributed by atoms with Crippen molar-refractivity contribution in [3.05, 3.63) is 48.0 Å². The van der Waals surface area contributed by atoms with Gasteiger partial charge >= 0.3 is 0 Å². The summed E-state index contributed by atoms with van der Waals surface area (Å²) in [6.07, 6.45) is 2.95. The van der Waals surface area contributed by atoms with Crippen molar-refractivity contribution in [3.8, 4) is 11.3 Å². The first-order valence-corrected chi connectivity index (χ1v) is 8.00. The molecule has 0 saturated heterocycles. The zero-order valence-electron chi connectivity index (χ0n) is 13.0. The van der Waals surface area contributed by atoms with Gasteiger partial charge in [0.1, 0.15) is 0 Å². The number of benzene rings is 1. The number of aryl methyl sites for hydroxylation is 1. The summed E-state index contributed by atoms with van der Waals surface area (Å²) in [4.78, 5) is 16.3. The minimum Gasteiger partial charge on any atom is -0.293 e. The van der Waals surface area contributed by atoms with E-state index in [1.807, 2.05) is 18.2 Å². The number of rotatable bonds is 4. The van der Waals surface area contributed by atoms with E-state index in [1.165, 1.54) is 5.56 Å². The summed E-state index contributed by atoms with van der Waals surface area (Å²) in [5.74, 6) is 0.539. The Kier molecular flexibility index (Phi) is 3.33. The van der Waals surface area contributed by atoms with Crippen LogP contribution in [-0.4, -0.2) is 20.5 Å². The molecule has 0 atom stereocenters. The Morgan fingerprint density at radius 3 is 2.70 bits per heavy atom. The molecule has 5 nitrogen and oxygen atoms in total. The molecule has 3 aromatic rings. The van der Waals surface area contributed by atoms with Gasteiger partial charge in [-0.2, -0.15) is 4.98 Å². The number of hydrogen-bond donors (Lipinski definition) is 1. The van der Waals surface area contributed by atoms with Gasteiger partial charge in [0.25, 0.3) is 0 Å². The van der Waals surface area contributed by atoms with Crippen molar-refractivity contribution < 1.29 is 4.79 Å². The van der Waals surface area contributed by atoms with E-state index in [2.05, 4.69) is 46.6 Å². The van der Waals surface area contributed by atoms with Crippen LogP contribution in [0, 0.1) is 5.92 Å². The maximum absolute atomic E-state index is 11.9. The topological polar surface area (TPSA) is 59.3 Å². The number of hydrogen-bond acceptors (Lipinski definition) is 3. The highest BCUT2D eigenvalue weighted by molar-refractivity contribution is 5.92. The van der Waals surface area contributed by atoms with E-state index in [0.29, 0.717) is 5.95 Å². The molecule has 1 aliphatic rings. The van der Waals surface area contributed by atoms with Gasteiger partial charge in [0.05, 0.1) is 5.69 Å². The van der Waals surface area contributed by atoms with Crippen LogP contribution in [0.4, 0.5) is 5.95 Å². The summed E-state index contributed by atoms with van der Waals surface area (Å²) in [5, 5.41) is 7.26. The van der Waals surface area contributed by atoms with Gasteiger partial charge in [-0.25, -0.2) is 4.52 Å². The predicted octanol–water partition coefficient (Wildman–Crippen LogP) is 3.31. The predicted molar refractivity (Wildman–Crippen MR) is 89.2 cm³/mol. The van der Waals surface area contributed by atoms with Crippen molar-refractivity contribution in [1.82, 2.24) is 14.6 Å². The first kappa shape index (κ1) is 13.9. The molecule has 4 rings (SSSR count). The smallest absolute Gasteiger partial charge is 0.249 e. The van der Waals surface area contributed by atoms with Crippen molar-refractivity contribution in [3.63, 3.8) is 0 Å². The summed E-state index contributed by atoms with van der Waals surface area (Å²) in [5.41, 5.74) is 4.08. The Hall–Kier alpha value is -2.69. The van der Waals surface area contributed by atoms with Gasteiger partial charge in [0.15, 0.2) is 5.65 Å². The minimum atomic E-state index is 0.0229. The van der Waals surface area contributed by atoms with Gasteiger partial charge in [-0.05, 0) is 37.0 Å². The van der Waals surface area contributed by atoms with Crippen LogP contribution in [0.5, 0.6) is 0 Å².